The number of hydrogen-bond donors (Lipinski definition) is 2. The summed E-state index contributed by atoms with van der Waals surface area (Å²) in [6.07, 6.45) is 1.33. The Hall–Kier alpha value is -5.62. The first-order valence-corrected chi connectivity index (χ1v) is 12.3. The number of benzene rings is 4. The second-order valence-corrected chi connectivity index (χ2v) is 8.55. The van der Waals surface area contributed by atoms with Gasteiger partial charge in [-0.1, -0.05) is 60.7 Å². The third kappa shape index (κ3) is 6.34. The molecule has 0 saturated heterocycles. The topological polar surface area (TPSA) is 166 Å². The summed E-state index contributed by atoms with van der Waals surface area (Å²) in [7, 11) is 0. The van der Waals surface area contributed by atoms with Crippen molar-refractivity contribution in [3.63, 3.8) is 0 Å². The van der Waals surface area contributed by atoms with Crippen molar-refractivity contribution >= 4 is 23.5 Å². The number of carbonyl (C=O) groups is 1. The first kappa shape index (κ1) is 28.4. The molecule has 0 aliphatic carbocycles. The van der Waals surface area contributed by atoms with Crippen molar-refractivity contribution in [3.8, 4) is 17.2 Å². The lowest BCUT2D eigenvalue weighted by Gasteiger charge is -2.27. The molecule has 12 heteroatoms. The van der Waals surface area contributed by atoms with Gasteiger partial charge in [0, 0.05) is 6.07 Å². The van der Waals surface area contributed by atoms with Gasteiger partial charge in [0.15, 0.2) is 17.1 Å². The van der Waals surface area contributed by atoms with Gasteiger partial charge in [0.25, 0.3) is 11.6 Å². The number of ether oxygens (including phenoxy) is 2. The Morgan fingerprint density at radius 2 is 1.49 bits per heavy atom. The number of carbonyl (C=O) groups excluding carboxylic acids is 1. The fourth-order valence-corrected chi connectivity index (χ4v) is 3.96. The Morgan fingerprint density at radius 1 is 0.878 bits per heavy atom. The van der Waals surface area contributed by atoms with E-state index in [4.69, 9.17) is 9.47 Å². The van der Waals surface area contributed by atoms with Crippen molar-refractivity contribution in [3.05, 3.63) is 134 Å². The van der Waals surface area contributed by atoms with E-state index in [-0.39, 0.29) is 23.9 Å². The normalized spacial score (nSPS) is 11.2. The van der Waals surface area contributed by atoms with Crippen LogP contribution in [0.5, 0.6) is 17.2 Å². The highest BCUT2D eigenvalue weighted by molar-refractivity contribution is 5.91. The Balaban J connectivity index is 1.57. The number of nitro benzene ring substituents is 2. The van der Waals surface area contributed by atoms with Crippen LogP contribution in [0.4, 0.5) is 11.4 Å². The molecule has 0 aromatic heterocycles. The standard InChI is InChI=1S/C29H24N4O8/c1-2-40-27-17-20(13-15-26(27)41-25-16-14-23(32(36)37)18-24(25)33(38)39)19-30-31-28(34)29(35,21-9-5-3-6-10-21)22-11-7-4-8-12-22/h3-19,35H,2H2,1H3,(H,31,34). The van der Waals surface area contributed by atoms with Gasteiger partial charge in [-0.15, -0.1) is 0 Å². The van der Waals surface area contributed by atoms with Crippen LogP contribution in [0.1, 0.15) is 23.6 Å². The molecule has 208 valence electrons. The number of nitrogens with one attached hydrogen (secondary N) is 1. The maximum atomic E-state index is 13.2. The summed E-state index contributed by atoms with van der Waals surface area (Å²) in [6, 6.07) is 24.6. The van der Waals surface area contributed by atoms with Crippen LogP contribution < -0.4 is 14.9 Å². The smallest absolute Gasteiger partial charge is 0.318 e. The zero-order valence-electron chi connectivity index (χ0n) is 21.7. The molecule has 41 heavy (non-hydrogen) atoms. The first-order chi connectivity index (χ1) is 19.7. The van der Waals surface area contributed by atoms with Crippen LogP contribution in [0.3, 0.4) is 0 Å². The minimum absolute atomic E-state index is 0.118. The Labute approximate surface area is 233 Å². The number of hydrogen-bond acceptors (Lipinski definition) is 9. The molecule has 0 unspecified atom stereocenters. The maximum absolute atomic E-state index is 13.2. The zero-order chi connectivity index (χ0) is 29.4. The summed E-state index contributed by atoms with van der Waals surface area (Å²) in [5.41, 5.74) is 0.542. The van der Waals surface area contributed by atoms with Crippen molar-refractivity contribution in [2.24, 2.45) is 5.10 Å². The van der Waals surface area contributed by atoms with Crippen LogP contribution in [-0.4, -0.2) is 33.7 Å². The van der Waals surface area contributed by atoms with E-state index in [1.54, 1.807) is 73.7 Å². The number of hydrazone groups is 1. The van der Waals surface area contributed by atoms with E-state index in [9.17, 15) is 30.1 Å². The highest BCUT2D eigenvalue weighted by Crippen LogP contribution is 2.38. The predicted molar refractivity (Wildman–Crippen MR) is 149 cm³/mol. The molecule has 0 aliphatic heterocycles. The Bertz CT molecular complexity index is 1550. The van der Waals surface area contributed by atoms with Crippen LogP contribution in [0.2, 0.25) is 0 Å². The second-order valence-electron chi connectivity index (χ2n) is 8.55. The molecule has 0 atom stereocenters. The molecular formula is C29H24N4O8. The number of nitrogens with zero attached hydrogens (tertiary/aromatic N) is 3. The largest absolute Gasteiger partial charge is 0.490 e. The van der Waals surface area contributed by atoms with E-state index in [2.05, 4.69) is 10.5 Å². The summed E-state index contributed by atoms with van der Waals surface area (Å²) in [5.74, 6) is -0.661. The lowest BCUT2D eigenvalue weighted by atomic mass is 9.85. The molecule has 4 aromatic carbocycles. The highest BCUT2D eigenvalue weighted by atomic mass is 16.6. The molecule has 0 fully saturated rings. The quantitative estimate of drug-likeness (QED) is 0.147. The number of amides is 1. The van der Waals surface area contributed by atoms with E-state index in [1.807, 2.05) is 0 Å². The first-order valence-electron chi connectivity index (χ1n) is 12.3. The molecule has 0 heterocycles. The molecule has 1 amide bonds. The van der Waals surface area contributed by atoms with Gasteiger partial charge in [-0.05, 0) is 47.9 Å². The molecule has 0 aliphatic rings. The van der Waals surface area contributed by atoms with Crippen molar-refractivity contribution in [1.29, 1.82) is 0 Å². The van der Waals surface area contributed by atoms with Gasteiger partial charge >= 0.3 is 5.69 Å². The summed E-state index contributed by atoms with van der Waals surface area (Å²) in [4.78, 5) is 34.2. The van der Waals surface area contributed by atoms with E-state index in [0.29, 0.717) is 16.7 Å². The summed E-state index contributed by atoms with van der Waals surface area (Å²) < 4.78 is 11.3. The fraction of sp³-hybridized carbons (Fsp3) is 0.103. The molecule has 12 nitrogen and oxygen atoms in total. The molecule has 0 spiro atoms. The Morgan fingerprint density at radius 3 is 2.05 bits per heavy atom. The number of aliphatic hydroxyl groups is 1. The lowest BCUT2D eigenvalue weighted by molar-refractivity contribution is -0.394. The lowest BCUT2D eigenvalue weighted by Crippen LogP contribution is -2.43. The number of rotatable bonds is 11. The van der Waals surface area contributed by atoms with Crippen molar-refractivity contribution in [2.45, 2.75) is 12.5 Å². The summed E-state index contributed by atoms with van der Waals surface area (Å²) in [5, 5.41) is 38.0. The molecule has 0 bridgehead atoms. The predicted octanol–water partition coefficient (Wildman–Crippen LogP) is 5.08. The van der Waals surface area contributed by atoms with Gasteiger partial charge in [0.2, 0.25) is 5.75 Å². The second kappa shape index (κ2) is 12.5. The number of nitro groups is 2. The number of non-ortho nitro benzene ring substituents is 1. The van der Waals surface area contributed by atoms with Gasteiger partial charge in [-0.25, -0.2) is 5.43 Å². The average Bonchev–Trinajstić information content (AvgIpc) is 2.98. The molecule has 0 saturated carbocycles. The third-order valence-electron chi connectivity index (χ3n) is 5.93. The van der Waals surface area contributed by atoms with Gasteiger partial charge in [-0.2, -0.15) is 5.10 Å². The molecule has 4 aromatic rings. The molecule has 2 N–H and O–H groups in total. The van der Waals surface area contributed by atoms with Crippen LogP contribution in [0.15, 0.2) is 102 Å². The molecule has 0 radical (unpaired) electrons. The van der Waals surface area contributed by atoms with Crippen LogP contribution in [-0.2, 0) is 10.4 Å². The minimum atomic E-state index is -2.01. The van der Waals surface area contributed by atoms with E-state index in [1.165, 1.54) is 18.3 Å². The summed E-state index contributed by atoms with van der Waals surface area (Å²) in [6.45, 7) is 1.96. The monoisotopic (exact) mass is 556 g/mol. The average molecular weight is 557 g/mol. The minimum Gasteiger partial charge on any atom is -0.490 e. The van der Waals surface area contributed by atoms with E-state index in [0.717, 1.165) is 18.2 Å². The molecule has 4 rings (SSSR count). The Kier molecular flexibility index (Phi) is 8.65. The van der Waals surface area contributed by atoms with Crippen molar-refractivity contribution in [2.75, 3.05) is 6.61 Å². The van der Waals surface area contributed by atoms with Crippen molar-refractivity contribution in [1.82, 2.24) is 5.43 Å². The molecular weight excluding hydrogens is 532 g/mol. The van der Waals surface area contributed by atoms with Gasteiger partial charge in [-0.3, -0.25) is 25.0 Å². The third-order valence-corrected chi connectivity index (χ3v) is 5.93. The van der Waals surface area contributed by atoms with Crippen LogP contribution >= 0.6 is 0 Å². The van der Waals surface area contributed by atoms with Gasteiger partial charge in [0.1, 0.15) is 0 Å². The van der Waals surface area contributed by atoms with Gasteiger partial charge < -0.3 is 14.6 Å². The maximum Gasteiger partial charge on any atom is 0.318 e. The SMILES string of the molecule is CCOc1cc(C=NNC(=O)C(O)(c2ccccc2)c2ccccc2)ccc1Oc1ccc([N+](=O)[O-])cc1[N+](=O)[O-]. The van der Waals surface area contributed by atoms with Crippen LogP contribution in [0, 0.1) is 20.2 Å². The highest BCUT2D eigenvalue weighted by Gasteiger charge is 2.39. The zero-order valence-corrected chi connectivity index (χ0v) is 21.7. The van der Waals surface area contributed by atoms with E-state index < -0.39 is 32.7 Å². The fourth-order valence-electron chi connectivity index (χ4n) is 3.96. The van der Waals surface area contributed by atoms with Crippen molar-refractivity contribution < 1.29 is 29.2 Å². The van der Waals surface area contributed by atoms with Gasteiger partial charge in [0.05, 0.1) is 28.7 Å². The van der Waals surface area contributed by atoms with E-state index >= 15 is 0 Å². The summed E-state index contributed by atoms with van der Waals surface area (Å²) >= 11 is 0. The van der Waals surface area contributed by atoms with Crippen LogP contribution in [0.25, 0.3) is 0 Å².